The molecule has 5 heteroatoms. The van der Waals surface area contributed by atoms with Crippen LogP contribution in [0, 0.1) is 0 Å². The minimum Gasteiger partial charge on any atom is -0.360 e. The zero-order chi connectivity index (χ0) is 14.0. The van der Waals surface area contributed by atoms with Crippen LogP contribution in [0.5, 0.6) is 0 Å². The lowest BCUT2D eigenvalue weighted by molar-refractivity contribution is -0.112. The number of allylic oxidation sites excluding steroid dienone is 1. The molecule has 2 aromatic rings. The van der Waals surface area contributed by atoms with Crippen molar-refractivity contribution in [2.45, 2.75) is 6.92 Å². The molecule has 1 N–H and O–H groups in total. The number of H-pyrrole nitrogens is 1. The summed E-state index contributed by atoms with van der Waals surface area (Å²) in [5.74, 6) is -0.823. The van der Waals surface area contributed by atoms with Crippen LogP contribution in [0.3, 0.4) is 0 Å². The molecular formula is C14H10ClNO3. The topological polar surface area (TPSA) is 67.0 Å². The number of halogens is 1. The molecule has 1 aromatic carbocycles. The second-order valence-electron chi connectivity index (χ2n) is 4.02. The second kappa shape index (κ2) is 5.20. The largest absolute Gasteiger partial charge is 0.360 e. The summed E-state index contributed by atoms with van der Waals surface area (Å²) in [7, 11) is 0. The summed E-state index contributed by atoms with van der Waals surface area (Å²) < 4.78 is 0. The summed E-state index contributed by atoms with van der Waals surface area (Å²) in [4.78, 5) is 36.4. The van der Waals surface area contributed by atoms with Crippen molar-refractivity contribution in [1.29, 1.82) is 0 Å². The summed E-state index contributed by atoms with van der Waals surface area (Å²) in [6.45, 7) is 1.45. The molecule has 0 saturated heterocycles. The molecule has 0 fully saturated rings. The van der Waals surface area contributed by atoms with Gasteiger partial charge in [0.2, 0.25) is 5.78 Å². The first-order chi connectivity index (χ1) is 9.00. The van der Waals surface area contributed by atoms with Gasteiger partial charge in [0, 0.05) is 11.6 Å². The molecular weight excluding hydrogens is 266 g/mol. The number of nitrogens with one attached hydrogen (secondary N) is 1. The third-order valence-electron chi connectivity index (χ3n) is 2.67. The number of benzene rings is 1. The summed E-state index contributed by atoms with van der Waals surface area (Å²) >= 11 is 5.20. The van der Waals surface area contributed by atoms with Crippen LogP contribution in [0.25, 0.3) is 17.0 Å². The number of hydrogen-bond acceptors (Lipinski definition) is 3. The highest BCUT2D eigenvalue weighted by Gasteiger charge is 2.18. The number of fused-ring (bicyclic) bond motifs is 1. The van der Waals surface area contributed by atoms with E-state index in [2.05, 4.69) is 4.98 Å². The number of aromatic amines is 1. The monoisotopic (exact) mass is 275 g/mol. The fourth-order valence-corrected chi connectivity index (χ4v) is 1.92. The quantitative estimate of drug-likeness (QED) is 0.404. The third-order valence-corrected chi connectivity index (χ3v) is 2.84. The molecule has 0 unspecified atom stereocenters. The Morgan fingerprint density at radius 2 is 2.00 bits per heavy atom. The van der Waals surface area contributed by atoms with E-state index in [1.807, 2.05) is 0 Å². The fourth-order valence-electron chi connectivity index (χ4n) is 1.82. The van der Waals surface area contributed by atoms with E-state index < -0.39 is 11.0 Å². The molecule has 0 amide bonds. The van der Waals surface area contributed by atoms with Crippen LogP contribution in [0.4, 0.5) is 0 Å². The van der Waals surface area contributed by atoms with Crippen molar-refractivity contribution in [1.82, 2.24) is 4.98 Å². The molecule has 0 bridgehead atoms. The Labute approximate surface area is 114 Å². The molecule has 1 aromatic heterocycles. The summed E-state index contributed by atoms with van der Waals surface area (Å²) in [6.07, 6.45) is 4.53. The van der Waals surface area contributed by atoms with Crippen molar-refractivity contribution in [2.24, 2.45) is 0 Å². The van der Waals surface area contributed by atoms with Gasteiger partial charge in [0.25, 0.3) is 5.24 Å². The summed E-state index contributed by atoms with van der Waals surface area (Å²) in [6, 6.07) is 5.25. The molecule has 0 spiro atoms. The highest BCUT2D eigenvalue weighted by Crippen LogP contribution is 2.23. The van der Waals surface area contributed by atoms with Gasteiger partial charge < -0.3 is 4.98 Å². The van der Waals surface area contributed by atoms with Gasteiger partial charge in [-0.1, -0.05) is 18.2 Å². The molecule has 0 radical (unpaired) electrons. The van der Waals surface area contributed by atoms with Crippen LogP contribution < -0.4 is 0 Å². The Hall–Kier alpha value is -2.20. The maximum atomic E-state index is 11.6. The third kappa shape index (κ3) is 2.63. The van der Waals surface area contributed by atoms with E-state index in [0.29, 0.717) is 10.9 Å². The maximum absolute atomic E-state index is 11.6. The Balaban J connectivity index is 2.57. The number of Topliss-reactive ketones (excluding diaryl/α,β-unsaturated/α-hetero) is 1. The Morgan fingerprint density at radius 3 is 2.63 bits per heavy atom. The number of rotatable bonds is 4. The molecule has 0 atom stereocenters. The van der Waals surface area contributed by atoms with Gasteiger partial charge in [-0.05, 0) is 36.2 Å². The first kappa shape index (κ1) is 13.2. The van der Waals surface area contributed by atoms with Crippen LogP contribution in [-0.2, 0) is 9.59 Å². The highest BCUT2D eigenvalue weighted by molar-refractivity contribution is 6.83. The molecule has 96 valence electrons. The standard InChI is InChI=1S/C14H10ClNO3/c1-8(17)5-6-9-3-2-4-10-11(7-16-12(9)10)13(18)14(15)19/h2-7,16H,1H3/b6-5+. The lowest BCUT2D eigenvalue weighted by atomic mass is 10.1. The lowest BCUT2D eigenvalue weighted by Crippen LogP contribution is -2.06. The van der Waals surface area contributed by atoms with E-state index in [-0.39, 0.29) is 11.3 Å². The molecule has 2 rings (SSSR count). The molecule has 4 nitrogen and oxygen atoms in total. The van der Waals surface area contributed by atoms with Crippen molar-refractivity contribution in [3.05, 3.63) is 41.6 Å². The SMILES string of the molecule is CC(=O)/C=C/c1cccc2c(C(=O)C(=O)Cl)c[nH]c12. The van der Waals surface area contributed by atoms with Gasteiger partial charge in [0.1, 0.15) is 0 Å². The average Bonchev–Trinajstić information content (AvgIpc) is 2.79. The van der Waals surface area contributed by atoms with Crippen LogP contribution in [0.2, 0.25) is 0 Å². The number of carbonyl (C=O) groups is 3. The van der Waals surface area contributed by atoms with Gasteiger partial charge >= 0.3 is 0 Å². The molecule has 19 heavy (non-hydrogen) atoms. The molecule has 0 saturated carbocycles. The Kier molecular flexibility index (Phi) is 3.62. The van der Waals surface area contributed by atoms with E-state index in [1.54, 1.807) is 24.3 Å². The van der Waals surface area contributed by atoms with E-state index in [4.69, 9.17) is 11.6 Å². The van der Waals surface area contributed by atoms with Gasteiger partial charge in [-0.3, -0.25) is 14.4 Å². The van der Waals surface area contributed by atoms with Crippen molar-refractivity contribution < 1.29 is 14.4 Å². The van der Waals surface area contributed by atoms with Gasteiger partial charge in [-0.25, -0.2) is 0 Å². The van der Waals surface area contributed by atoms with Gasteiger partial charge in [-0.2, -0.15) is 0 Å². The second-order valence-corrected chi connectivity index (χ2v) is 4.36. The highest BCUT2D eigenvalue weighted by atomic mass is 35.5. The minimum absolute atomic E-state index is 0.0733. The number of para-hydroxylation sites is 1. The van der Waals surface area contributed by atoms with Gasteiger partial charge in [0.05, 0.1) is 11.1 Å². The molecule has 0 aliphatic carbocycles. The van der Waals surface area contributed by atoms with Gasteiger partial charge in [-0.15, -0.1) is 0 Å². The van der Waals surface area contributed by atoms with Crippen molar-refractivity contribution in [3.63, 3.8) is 0 Å². The van der Waals surface area contributed by atoms with Crippen LogP contribution >= 0.6 is 11.6 Å². The lowest BCUT2D eigenvalue weighted by Gasteiger charge is -1.97. The normalized spacial score (nSPS) is 11.1. The first-order valence-corrected chi connectivity index (χ1v) is 5.91. The van der Waals surface area contributed by atoms with Crippen LogP contribution in [0.1, 0.15) is 22.8 Å². The molecule has 1 heterocycles. The van der Waals surface area contributed by atoms with Crippen molar-refractivity contribution in [3.8, 4) is 0 Å². The summed E-state index contributed by atoms with van der Waals surface area (Å²) in [5, 5.41) is -0.421. The molecule has 0 aliphatic heterocycles. The van der Waals surface area contributed by atoms with Crippen molar-refractivity contribution >= 4 is 45.4 Å². The number of aromatic nitrogens is 1. The average molecular weight is 276 g/mol. The number of carbonyl (C=O) groups excluding carboxylic acids is 3. The maximum Gasteiger partial charge on any atom is 0.293 e. The minimum atomic E-state index is -1.02. The number of ketones is 2. The van der Waals surface area contributed by atoms with E-state index in [0.717, 1.165) is 5.56 Å². The van der Waals surface area contributed by atoms with Crippen LogP contribution in [0.15, 0.2) is 30.5 Å². The van der Waals surface area contributed by atoms with Crippen LogP contribution in [-0.4, -0.2) is 21.8 Å². The zero-order valence-electron chi connectivity index (χ0n) is 10.1. The number of hydrogen-bond donors (Lipinski definition) is 1. The van der Waals surface area contributed by atoms with E-state index in [1.165, 1.54) is 19.2 Å². The van der Waals surface area contributed by atoms with Crippen molar-refractivity contribution in [2.75, 3.05) is 0 Å². The predicted octanol–water partition coefficient (Wildman–Crippen LogP) is 2.72. The Morgan fingerprint density at radius 1 is 1.26 bits per heavy atom. The smallest absolute Gasteiger partial charge is 0.293 e. The predicted molar refractivity (Wildman–Crippen MR) is 73.2 cm³/mol. The zero-order valence-corrected chi connectivity index (χ0v) is 10.8. The van der Waals surface area contributed by atoms with E-state index in [9.17, 15) is 14.4 Å². The fraction of sp³-hybridized carbons (Fsp3) is 0.0714. The molecule has 0 aliphatic rings. The summed E-state index contributed by atoms with van der Waals surface area (Å²) in [5.41, 5.74) is 1.67. The van der Waals surface area contributed by atoms with Gasteiger partial charge in [0.15, 0.2) is 5.78 Å². The van der Waals surface area contributed by atoms with E-state index >= 15 is 0 Å². The Bertz CT molecular complexity index is 713. The first-order valence-electron chi connectivity index (χ1n) is 5.53.